The minimum atomic E-state index is -0.327. The first-order valence-electron chi connectivity index (χ1n) is 9.22. The molecule has 9 heteroatoms. The molecule has 0 radical (unpaired) electrons. The SMILES string of the molecule is Cn1c(CNC(=O)c2ccco2)nnc1SCC(=O)Nc1cccc2ccccc12. The van der Waals surface area contributed by atoms with E-state index in [1.807, 2.05) is 42.5 Å². The molecule has 152 valence electrons. The summed E-state index contributed by atoms with van der Waals surface area (Å²) in [7, 11) is 1.79. The molecule has 0 saturated heterocycles. The average Bonchev–Trinajstić information content (AvgIpc) is 3.41. The number of rotatable bonds is 7. The zero-order valence-corrected chi connectivity index (χ0v) is 17.0. The number of carbonyl (C=O) groups excluding carboxylic acids is 2. The molecule has 0 bridgehead atoms. The third-order valence-corrected chi connectivity index (χ3v) is 5.49. The molecule has 0 spiro atoms. The van der Waals surface area contributed by atoms with Gasteiger partial charge in [0.2, 0.25) is 5.91 Å². The fourth-order valence-electron chi connectivity index (χ4n) is 2.93. The molecule has 30 heavy (non-hydrogen) atoms. The van der Waals surface area contributed by atoms with Crippen LogP contribution in [0.25, 0.3) is 10.8 Å². The predicted octanol–water partition coefficient (Wildman–Crippen LogP) is 3.22. The molecule has 0 aliphatic rings. The zero-order valence-electron chi connectivity index (χ0n) is 16.2. The third kappa shape index (κ3) is 4.36. The molecule has 4 aromatic rings. The maximum absolute atomic E-state index is 12.4. The first-order valence-corrected chi connectivity index (χ1v) is 10.2. The molecular formula is C21H19N5O3S. The molecule has 2 heterocycles. The van der Waals surface area contributed by atoms with Gasteiger partial charge in [0.15, 0.2) is 16.7 Å². The van der Waals surface area contributed by atoms with Crippen molar-refractivity contribution in [3.05, 3.63) is 72.4 Å². The summed E-state index contributed by atoms with van der Waals surface area (Å²) < 4.78 is 6.80. The maximum atomic E-state index is 12.4. The van der Waals surface area contributed by atoms with Gasteiger partial charge in [-0.3, -0.25) is 9.59 Å². The van der Waals surface area contributed by atoms with E-state index in [9.17, 15) is 9.59 Å². The van der Waals surface area contributed by atoms with Gasteiger partial charge in [-0.2, -0.15) is 0 Å². The van der Waals surface area contributed by atoms with E-state index in [1.165, 1.54) is 18.0 Å². The largest absolute Gasteiger partial charge is 0.459 e. The molecule has 0 unspecified atom stereocenters. The van der Waals surface area contributed by atoms with Gasteiger partial charge in [0.25, 0.3) is 5.91 Å². The Labute approximate surface area is 176 Å². The monoisotopic (exact) mass is 421 g/mol. The number of fused-ring (bicyclic) bond motifs is 1. The van der Waals surface area contributed by atoms with Crippen LogP contribution in [0.4, 0.5) is 5.69 Å². The smallest absolute Gasteiger partial charge is 0.287 e. The van der Waals surface area contributed by atoms with Gasteiger partial charge in [-0.25, -0.2) is 0 Å². The molecule has 0 saturated carbocycles. The van der Waals surface area contributed by atoms with Crippen molar-refractivity contribution in [3.63, 3.8) is 0 Å². The van der Waals surface area contributed by atoms with Crippen LogP contribution >= 0.6 is 11.8 Å². The van der Waals surface area contributed by atoms with Gasteiger partial charge in [0.05, 0.1) is 18.6 Å². The van der Waals surface area contributed by atoms with E-state index in [0.29, 0.717) is 11.0 Å². The molecule has 2 aromatic carbocycles. The van der Waals surface area contributed by atoms with Crippen LogP contribution in [0.15, 0.2) is 70.4 Å². The average molecular weight is 421 g/mol. The van der Waals surface area contributed by atoms with Crippen LogP contribution in [-0.2, 0) is 18.4 Å². The van der Waals surface area contributed by atoms with E-state index in [2.05, 4.69) is 20.8 Å². The number of anilines is 1. The summed E-state index contributed by atoms with van der Waals surface area (Å²) in [4.78, 5) is 24.4. The Balaban J connectivity index is 1.33. The highest BCUT2D eigenvalue weighted by atomic mass is 32.2. The molecule has 4 rings (SSSR count). The van der Waals surface area contributed by atoms with Gasteiger partial charge in [-0.1, -0.05) is 48.2 Å². The lowest BCUT2D eigenvalue weighted by Crippen LogP contribution is -2.24. The number of nitrogens with zero attached hydrogens (tertiary/aromatic N) is 3. The summed E-state index contributed by atoms with van der Waals surface area (Å²) in [5.74, 6) is 0.538. The fraction of sp³-hybridized carbons (Fsp3) is 0.143. The number of thioether (sulfide) groups is 1. The molecule has 0 aliphatic heterocycles. The highest BCUT2D eigenvalue weighted by Crippen LogP contribution is 2.23. The molecule has 0 fully saturated rings. The number of carbonyl (C=O) groups is 2. The molecule has 2 aromatic heterocycles. The minimum absolute atomic E-state index is 0.132. The molecular weight excluding hydrogens is 402 g/mol. The highest BCUT2D eigenvalue weighted by Gasteiger charge is 2.14. The lowest BCUT2D eigenvalue weighted by molar-refractivity contribution is -0.113. The first kappa shape index (κ1) is 19.7. The predicted molar refractivity (Wildman–Crippen MR) is 114 cm³/mol. The van der Waals surface area contributed by atoms with Gasteiger partial charge in [-0.15, -0.1) is 10.2 Å². The Morgan fingerprint density at radius 2 is 1.90 bits per heavy atom. The Kier molecular flexibility index (Phi) is 5.80. The van der Waals surface area contributed by atoms with E-state index < -0.39 is 0 Å². The lowest BCUT2D eigenvalue weighted by Gasteiger charge is -2.08. The Morgan fingerprint density at radius 1 is 1.07 bits per heavy atom. The van der Waals surface area contributed by atoms with Gasteiger partial charge in [-0.05, 0) is 23.6 Å². The molecule has 8 nitrogen and oxygen atoms in total. The second-order valence-corrected chi connectivity index (χ2v) is 7.42. The van der Waals surface area contributed by atoms with Crippen molar-refractivity contribution in [2.75, 3.05) is 11.1 Å². The minimum Gasteiger partial charge on any atom is -0.459 e. The Hall–Kier alpha value is -3.59. The molecule has 2 amide bonds. The van der Waals surface area contributed by atoms with Gasteiger partial charge in [0, 0.05) is 18.1 Å². The van der Waals surface area contributed by atoms with Crippen molar-refractivity contribution in [2.24, 2.45) is 7.05 Å². The fourth-order valence-corrected chi connectivity index (χ4v) is 3.66. The summed E-state index contributed by atoms with van der Waals surface area (Å²) >= 11 is 1.28. The quantitative estimate of drug-likeness (QED) is 0.444. The summed E-state index contributed by atoms with van der Waals surface area (Å²) in [5, 5.41) is 16.5. The van der Waals surface area contributed by atoms with E-state index in [0.717, 1.165) is 16.5 Å². The van der Waals surface area contributed by atoms with Gasteiger partial charge < -0.3 is 19.6 Å². The van der Waals surface area contributed by atoms with Crippen LogP contribution in [-0.4, -0.2) is 32.3 Å². The summed E-state index contributed by atoms with van der Waals surface area (Å²) in [6.45, 7) is 0.200. The Morgan fingerprint density at radius 3 is 2.73 bits per heavy atom. The third-order valence-electron chi connectivity index (χ3n) is 4.47. The van der Waals surface area contributed by atoms with E-state index in [4.69, 9.17) is 4.42 Å². The number of amides is 2. The zero-order chi connectivity index (χ0) is 20.9. The summed E-state index contributed by atoms with van der Waals surface area (Å²) in [5.41, 5.74) is 0.776. The normalized spacial score (nSPS) is 10.8. The van der Waals surface area contributed by atoms with E-state index in [1.54, 1.807) is 23.7 Å². The van der Waals surface area contributed by atoms with Crippen LogP contribution in [0, 0.1) is 0 Å². The number of nitrogens with one attached hydrogen (secondary N) is 2. The topological polar surface area (TPSA) is 102 Å². The van der Waals surface area contributed by atoms with Crippen molar-refractivity contribution in [3.8, 4) is 0 Å². The summed E-state index contributed by atoms with van der Waals surface area (Å²) in [6.07, 6.45) is 1.44. The van der Waals surface area contributed by atoms with Gasteiger partial charge >= 0.3 is 0 Å². The van der Waals surface area contributed by atoms with Crippen molar-refractivity contribution in [2.45, 2.75) is 11.7 Å². The van der Waals surface area contributed by atoms with Crippen LogP contribution < -0.4 is 10.6 Å². The number of aromatic nitrogens is 3. The van der Waals surface area contributed by atoms with Crippen molar-refractivity contribution in [1.29, 1.82) is 0 Å². The number of hydrogen-bond acceptors (Lipinski definition) is 6. The lowest BCUT2D eigenvalue weighted by atomic mass is 10.1. The second-order valence-electron chi connectivity index (χ2n) is 6.48. The molecule has 0 atom stereocenters. The van der Waals surface area contributed by atoms with E-state index in [-0.39, 0.29) is 29.9 Å². The number of benzene rings is 2. The van der Waals surface area contributed by atoms with Gasteiger partial charge in [0.1, 0.15) is 0 Å². The van der Waals surface area contributed by atoms with Crippen LogP contribution in [0.5, 0.6) is 0 Å². The standard InChI is InChI=1S/C21H19N5O3S/c1-26-18(12-22-20(28)17-10-5-11-29-17)24-25-21(26)30-13-19(27)23-16-9-4-7-14-6-2-3-8-15(14)16/h2-11H,12-13H2,1H3,(H,22,28)(H,23,27). The Bertz CT molecular complexity index is 1180. The highest BCUT2D eigenvalue weighted by molar-refractivity contribution is 7.99. The van der Waals surface area contributed by atoms with Crippen LogP contribution in [0.3, 0.4) is 0 Å². The van der Waals surface area contributed by atoms with Crippen LogP contribution in [0.1, 0.15) is 16.4 Å². The van der Waals surface area contributed by atoms with Crippen molar-refractivity contribution >= 4 is 40.0 Å². The van der Waals surface area contributed by atoms with Crippen molar-refractivity contribution < 1.29 is 14.0 Å². The first-order chi connectivity index (χ1) is 14.6. The van der Waals surface area contributed by atoms with E-state index >= 15 is 0 Å². The second kappa shape index (κ2) is 8.83. The van der Waals surface area contributed by atoms with Crippen LogP contribution in [0.2, 0.25) is 0 Å². The summed E-state index contributed by atoms with van der Waals surface area (Å²) in [6, 6.07) is 16.9. The maximum Gasteiger partial charge on any atom is 0.287 e. The molecule has 0 aliphatic carbocycles. The molecule has 2 N–H and O–H groups in total. The number of hydrogen-bond donors (Lipinski definition) is 2. The van der Waals surface area contributed by atoms with Crippen molar-refractivity contribution in [1.82, 2.24) is 20.1 Å². The number of furan rings is 1.